The first kappa shape index (κ1) is 15.3. The van der Waals surface area contributed by atoms with Crippen LogP contribution in [0, 0.1) is 0 Å². The molecule has 1 fully saturated rings. The Labute approximate surface area is 123 Å². The van der Waals surface area contributed by atoms with E-state index in [2.05, 4.69) is 10.3 Å². The third-order valence-electron chi connectivity index (χ3n) is 3.45. The molecule has 0 bridgehead atoms. The van der Waals surface area contributed by atoms with Gasteiger partial charge in [0, 0.05) is 51.0 Å². The smallest absolute Gasteiger partial charge is 0.209 e. The number of carbonyl (C=O) groups excluding carboxylic acids is 1. The van der Waals surface area contributed by atoms with Crippen LogP contribution in [0.3, 0.4) is 0 Å². The van der Waals surface area contributed by atoms with Gasteiger partial charge in [-0.1, -0.05) is 6.07 Å². The molecule has 20 heavy (non-hydrogen) atoms. The number of aromatic nitrogens is 1. The number of likely N-dealkylation sites (tertiary alicyclic amines) is 1. The number of pyridine rings is 1. The third-order valence-corrected chi connectivity index (χ3v) is 4.40. The van der Waals surface area contributed by atoms with Crippen molar-refractivity contribution in [1.82, 2.24) is 15.2 Å². The van der Waals surface area contributed by atoms with Crippen molar-refractivity contribution in [2.45, 2.75) is 23.5 Å². The van der Waals surface area contributed by atoms with Crippen molar-refractivity contribution >= 4 is 18.2 Å². The van der Waals surface area contributed by atoms with Gasteiger partial charge in [0.15, 0.2) is 0 Å². The molecule has 0 aliphatic carbocycles. The van der Waals surface area contributed by atoms with E-state index in [0.29, 0.717) is 32.5 Å². The summed E-state index contributed by atoms with van der Waals surface area (Å²) in [6.45, 7) is 2.15. The molecule has 0 atom stereocenters. The summed E-state index contributed by atoms with van der Waals surface area (Å²) in [6.07, 6.45) is 3.42. The van der Waals surface area contributed by atoms with Crippen molar-refractivity contribution in [3.8, 4) is 0 Å². The van der Waals surface area contributed by atoms with Crippen molar-refractivity contribution in [3.63, 3.8) is 0 Å². The van der Waals surface area contributed by atoms with Gasteiger partial charge < -0.3 is 10.2 Å². The zero-order valence-electron chi connectivity index (χ0n) is 11.4. The molecule has 2 heterocycles. The topological polar surface area (TPSA) is 45.2 Å². The van der Waals surface area contributed by atoms with Crippen LogP contribution >= 0.6 is 11.8 Å². The van der Waals surface area contributed by atoms with Crippen molar-refractivity contribution < 1.29 is 9.18 Å². The van der Waals surface area contributed by atoms with E-state index in [4.69, 9.17) is 0 Å². The highest BCUT2D eigenvalue weighted by atomic mass is 32.2. The number of alkyl halides is 1. The molecule has 0 aromatic carbocycles. The number of nitrogens with zero attached hydrogens (tertiary/aromatic N) is 2. The van der Waals surface area contributed by atoms with E-state index in [1.54, 1.807) is 22.9 Å². The van der Waals surface area contributed by atoms with Crippen LogP contribution in [0.4, 0.5) is 4.39 Å². The Hall–Kier alpha value is -1.14. The maximum atomic E-state index is 14.4. The van der Waals surface area contributed by atoms with Crippen LogP contribution in [-0.2, 0) is 4.79 Å². The van der Waals surface area contributed by atoms with Crippen LogP contribution in [0.15, 0.2) is 29.4 Å². The van der Waals surface area contributed by atoms with Gasteiger partial charge in [-0.2, -0.15) is 0 Å². The molecule has 1 amide bonds. The van der Waals surface area contributed by atoms with E-state index < -0.39 is 5.67 Å². The Balaban J connectivity index is 1.60. The Morgan fingerprint density at radius 2 is 2.25 bits per heavy atom. The molecule has 110 valence electrons. The first-order chi connectivity index (χ1) is 9.72. The van der Waals surface area contributed by atoms with E-state index in [1.165, 1.54) is 0 Å². The van der Waals surface area contributed by atoms with Gasteiger partial charge in [0.05, 0.1) is 5.03 Å². The molecule has 2 rings (SSSR count). The van der Waals surface area contributed by atoms with Gasteiger partial charge in [-0.05, 0) is 12.1 Å². The zero-order valence-corrected chi connectivity index (χ0v) is 12.2. The van der Waals surface area contributed by atoms with Gasteiger partial charge in [-0.25, -0.2) is 9.37 Å². The van der Waals surface area contributed by atoms with Crippen LogP contribution < -0.4 is 5.32 Å². The molecule has 0 saturated carbocycles. The second kappa shape index (κ2) is 7.59. The molecule has 1 aromatic heterocycles. The maximum Gasteiger partial charge on any atom is 0.209 e. The molecule has 0 radical (unpaired) electrons. The summed E-state index contributed by atoms with van der Waals surface area (Å²) < 4.78 is 14.4. The fraction of sp³-hybridized carbons (Fsp3) is 0.571. The zero-order chi connectivity index (χ0) is 14.3. The molecule has 1 aliphatic rings. The second-order valence-electron chi connectivity index (χ2n) is 4.99. The highest BCUT2D eigenvalue weighted by Crippen LogP contribution is 2.25. The molecular weight excluding hydrogens is 277 g/mol. The lowest BCUT2D eigenvalue weighted by Crippen LogP contribution is -2.47. The van der Waals surface area contributed by atoms with E-state index in [-0.39, 0.29) is 0 Å². The summed E-state index contributed by atoms with van der Waals surface area (Å²) in [7, 11) is 0. The standard InChI is InChI=1S/C14H20FN3OS/c15-14(4-8-18(12-19)9-5-14)11-16-7-10-20-13-3-1-2-6-17-13/h1-3,6,12,16H,4-5,7-11H2. The summed E-state index contributed by atoms with van der Waals surface area (Å²) in [5, 5.41) is 4.16. The second-order valence-corrected chi connectivity index (χ2v) is 6.10. The average Bonchev–Trinajstić information content (AvgIpc) is 2.49. The number of hydrogen-bond acceptors (Lipinski definition) is 4. The average molecular weight is 297 g/mol. The van der Waals surface area contributed by atoms with Crippen LogP contribution in [-0.4, -0.2) is 53.9 Å². The SMILES string of the molecule is O=CN1CCC(F)(CNCCSc2ccccn2)CC1. The molecule has 1 saturated heterocycles. The lowest BCUT2D eigenvalue weighted by atomic mass is 9.93. The number of thioether (sulfide) groups is 1. The first-order valence-corrected chi connectivity index (χ1v) is 7.83. The van der Waals surface area contributed by atoms with Crippen molar-refractivity contribution in [2.24, 2.45) is 0 Å². The van der Waals surface area contributed by atoms with Crippen molar-refractivity contribution in [2.75, 3.05) is 31.9 Å². The predicted octanol–water partition coefficient (Wildman–Crippen LogP) is 1.72. The van der Waals surface area contributed by atoms with Crippen molar-refractivity contribution in [3.05, 3.63) is 24.4 Å². The highest BCUT2D eigenvalue weighted by molar-refractivity contribution is 7.99. The van der Waals surface area contributed by atoms with Gasteiger partial charge in [-0.3, -0.25) is 4.79 Å². The normalized spacial score (nSPS) is 17.9. The fourth-order valence-corrected chi connectivity index (χ4v) is 2.95. The summed E-state index contributed by atoms with van der Waals surface area (Å²) in [5.41, 5.74) is -1.17. The Morgan fingerprint density at radius 3 is 2.90 bits per heavy atom. The van der Waals surface area contributed by atoms with Crippen LogP contribution in [0.1, 0.15) is 12.8 Å². The molecule has 1 aliphatic heterocycles. The number of nitrogens with one attached hydrogen (secondary N) is 1. The summed E-state index contributed by atoms with van der Waals surface area (Å²) in [5.74, 6) is 0.869. The summed E-state index contributed by atoms with van der Waals surface area (Å²) >= 11 is 1.66. The minimum Gasteiger partial charge on any atom is -0.345 e. The van der Waals surface area contributed by atoms with Gasteiger partial charge >= 0.3 is 0 Å². The largest absolute Gasteiger partial charge is 0.345 e. The number of carbonyl (C=O) groups is 1. The predicted molar refractivity (Wildman–Crippen MR) is 78.5 cm³/mol. The lowest BCUT2D eigenvalue weighted by Gasteiger charge is -2.34. The Bertz CT molecular complexity index is 410. The number of rotatable bonds is 7. The Kier molecular flexibility index (Phi) is 5.79. The lowest BCUT2D eigenvalue weighted by molar-refractivity contribution is -0.120. The molecular formula is C14H20FN3OS. The van der Waals surface area contributed by atoms with E-state index in [0.717, 1.165) is 23.7 Å². The minimum atomic E-state index is -1.17. The molecule has 6 heteroatoms. The molecule has 0 spiro atoms. The maximum absolute atomic E-state index is 14.4. The minimum absolute atomic E-state index is 0.364. The van der Waals surface area contributed by atoms with Gasteiger partial charge in [0.2, 0.25) is 6.41 Å². The van der Waals surface area contributed by atoms with Crippen LogP contribution in [0.5, 0.6) is 0 Å². The van der Waals surface area contributed by atoms with Gasteiger partial charge in [0.25, 0.3) is 0 Å². The summed E-state index contributed by atoms with van der Waals surface area (Å²) in [4.78, 5) is 16.4. The quantitative estimate of drug-likeness (QED) is 0.473. The number of amides is 1. The molecule has 0 unspecified atom stereocenters. The van der Waals surface area contributed by atoms with Gasteiger partial charge in [0.1, 0.15) is 5.67 Å². The molecule has 1 N–H and O–H groups in total. The molecule has 4 nitrogen and oxygen atoms in total. The summed E-state index contributed by atoms with van der Waals surface area (Å²) in [6, 6.07) is 5.82. The van der Waals surface area contributed by atoms with Crippen LogP contribution in [0.2, 0.25) is 0 Å². The first-order valence-electron chi connectivity index (χ1n) is 6.85. The van der Waals surface area contributed by atoms with E-state index in [9.17, 15) is 9.18 Å². The van der Waals surface area contributed by atoms with Crippen molar-refractivity contribution in [1.29, 1.82) is 0 Å². The number of hydrogen-bond donors (Lipinski definition) is 1. The Morgan fingerprint density at radius 1 is 1.45 bits per heavy atom. The van der Waals surface area contributed by atoms with E-state index in [1.807, 2.05) is 18.2 Å². The number of halogens is 1. The highest BCUT2D eigenvalue weighted by Gasteiger charge is 2.33. The van der Waals surface area contributed by atoms with E-state index >= 15 is 0 Å². The third kappa shape index (κ3) is 4.76. The van der Waals surface area contributed by atoms with Crippen LogP contribution in [0.25, 0.3) is 0 Å². The van der Waals surface area contributed by atoms with Gasteiger partial charge in [-0.15, -0.1) is 11.8 Å². The fourth-order valence-electron chi connectivity index (χ4n) is 2.18. The monoisotopic (exact) mass is 297 g/mol. The number of piperidine rings is 1. The molecule has 1 aromatic rings.